The first-order chi connectivity index (χ1) is 15.8. The molecule has 0 aromatic heterocycles. The van der Waals surface area contributed by atoms with Crippen LogP contribution in [0.4, 0.5) is 22.7 Å². The minimum atomic E-state index is 0.106. The molecule has 32 heavy (non-hydrogen) atoms. The average Bonchev–Trinajstić information content (AvgIpc) is 2.87. The Hall–Kier alpha value is -3.52. The lowest BCUT2D eigenvalue weighted by Gasteiger charge is -2.39. The molecule has 0 atom stereocenters. The molecule has 0 saturated heterocycles. The van der Waals surface area contributed by atoms with Crippen LogP contribution in [0.1, 0.15) is 43.2 Å². The lowest BCUT2D eigenvalue weighted by Crippen LogP contribution is -2.30. The van der Waals surface area contributed by atoms with Crippen molar-refractivity contribution in [1.29, 1.82) is 0 Å². The molecule has 0 radical (unpaired) electrons. The van der Waals surface area contributed by atoms with Gasteiger partial charge in [-0.2, -0.15) is 0 Å². The SMILES string of the molecule is c1ccc(Nc2ccc(C3(c4ccc(Nc5ccccc5)cc4)CCCCC3)cc2)cc1. The summed E-state index contributed by atoms with van der Waals surface area (Å²) in [5.41, 5.74) is 7.47. The van der Waals surface area contributed by atoms with Crippen molar-refractivity contribution in [2.45, 2.75) is 37.5 Å². The monoisotopic (exact) mass is 418 g/mol. The minimum absolute atomic E-state index is 0.106. The predicted octanol–water partition coefficient (Wildman–Crippen LogP) is 8.42. The fourth-order valence-corrected chi connectivity index (χ4v) is 5.02. The molecule has 0 aliphatic heterocycles. The van der Waals surface area contributed by atoms with Crippen LogP contribution in [0.5, 0.6) is 0 Å². The minimum Gasteiger partial charge on any atom is -0.356 e. The van der Waals surface area contributed by atoms with E-state index in [1.807, 2.05) is 12.1 Å². The average molecular weight is 419 g/mol. The Morgan fingerprint density at radius 2 is 0.781 bits per heavy atom. The molecule has 0 heterocycles. The summed E-state index contributed by atoms with van der Waals surface area (Å²) >= 11 is 0. The van der Waals surface area contributed by atoms with E-state index < -0.39 is 0 Å². The van der Waals surface area contributed by atoms with Crippen LogP contribution in [-0.4, -0.2) is 0 Å². The molecule has 5 rings (SSSR count). The Labute approximate surface area is 191 Å². The van der Waals surface area contributed by atoms with Gasteiger partial charge in [-0.3, -0.25) is 0 Å². The maximum atomic E-state index is 3.51. The topological polar surface area (TPSA) is 24.1 Å². The highest BCUT2D eigenvalue weighted by Gasteiger charge is 2.35. The summed E-state index contributed by atoms with van der Waals surface area (Å²) in [6, 6.07) is 38.9. The van der Waals surface area contributed by atoms with Gasteiger partial charge in [0, 0.05) is 28.2 Å². The van der Waals surface area contributed by atoms with E-state index in [0.717, 1.165) is 22.7 Å². The summed E-state index contributed by atoms with van der Waals surface area (Å²) in [4.78, 5) is 0. The van der Waals surface area contributed by atoms with Crippen LogP contribution in [0.15, 0.2) is 109 Å². The molecule has 0 bridgehead atoms. The maximum Gasteiger partial charge on any atom is 0.0384 e. The van der Waals surface area contributed by atoms with Crippen molar-refractivity contribution in [3.63, 3.8) is 0 Å². The van der Waals surface area contributed by atoms with Crippen molar-refractivity contribution in [3.05, 3.63) is 120 Å². The summed E-state index contributed by atoms with van der Waals surface area (Å²) in [6.07, 6.45) is 6.33. The van der Waals surface area contributed by atoms with Gasteiger partial charge in [-0.25, -0.2) is 0 Å². The quantitative estimate of drug-likeness (QED) is 0.328. The second-order valence-corrected chi connectivity index (χ2v) is 8.78. The zero-order valence-electron chi connectivity index (χ0n) is 18.4. The number of hydrogen-bond acceptors (Lipinski definition) is 2. The van der Waals surface area contributed by atoms with E-state index in [1.54, 1.807) is 0 Å². The van der Waals surface area contributed by atoms with E-state index in [2.05, 4.69) is 108 Å². The van der Waals surface area contributed by atoms with Crippen LogP contribution < -0.4 is 10.6 Å². The van der Waals surface area contributed by atoms with Crippen LogP contribution in [-0.2, 0) is 5.41 Å². The summed E-state index contributed by atoms with van der Waals surface area (Å²) in [6.45, 7) is 0. The molecule has 4 aromatic rings. The van der Waals surface area contributed by atoms with Crippen molar-refractivity contribution in [2.24, 2.45) is 0 Å². The summed E-state index contributed by atoms with van der Waals surface area (Å²) in [5, 5.41) is 7.02. The maximum absolute atomic E-state index is 3.51. The molecule has 1 aliphatic carbocycles. The van der Waals surface area contributed by atoms with Crippen LogP contribution >= 0.6 is 0 Å². The van der Waals surface area contributed by atoms with Crippen molar-refractivity contribution in [1.82, 2.24) is 0 Å². The first-order valence-corrected chi connectivity index (χ1v) is 11.7. The second kappa shape index (κ2) is 9.32. The number of hydrogen-bond donors (Lipinski definition) is 2. The van der Waals surface area contributed by atoms with Gasteiger partial charge in [0.15, 0.2) is 0 Å². The van der Waals surface area contributed by atoms with E-state index in [0.29, 0.717) is 0 Å². The van der Waals surface area contributed by atoms with E-state index in [9.17, 15) is 0 Å². The molecule has 1 fully saturated rings. The molecule has 1 saturated carbocycles. The second-order valence-electron chi connectivity index (χ2n) is 8.78. The van der Waals surface area contributed by atoms with Crippen LogP contribution in [0, 0.1) is 0 Å². The number of rotatable bonds is 6. The van der Waals surface area contributed by atoms with E-state index in [-0.39, 0.29) is 5.41 Å². The molecule has 0 unspecified atom stereocenters. The highest BCUT2D eigenvalue weighted by Crippen LogP contribution is 2.45. The Morgan fingerprint density at radius 1 is 0.406 bits per heavy atom. The van der Waals surface area contributed by atoms with Crippen molar-refractivity contribution in [3.8, 4) is 0 Å². The summed E-state index contributed by atoms with van der Waals surface area (Å²) in [5.74, 6) is 0. The largest absolute Gasteiger partial charge is 0.356 e. The summed E-state index contributed by atoms with van der Waals surface area (Å²) in [7, 11) is 0. The van der Waals surface area contributed by atoms with E-state index >= 15 is 0 Å². The third-order valence-electron chi connectivity index (χ3n) is 6.71. The molecule has 2 heteroatoms. The zero-order valence-corrected chi connectivity index (χ0v) is 18.4. The molecule has 2 N–H and O–H groups in total. The highest BCUT2D eigenvalue weighted by molar-refractivity contribution is 5.62. The van der Waals surface area contributed by atoms with Gasteiger partial charge in [0.05, 0.1) is 0 Å². The van der Waals surface area contributed by atoms with Gasteiger partial charge in [-0.15, -0.1) is 0 Å². The van der Waals surface area contributed by atoms with Crippen molar-refractivity contribution in [2.75, 3.05) is 10.6 Å². The van der Waals surface area contributed by atoms with E-state index in [4.69, 9.17) is 0 Å². The fourth-order valence-electron chi connectivity index (χ4n) is 5.02. The van der Waals surface area contributed by atoms with Crippen LogP contribution in [0.2, 0.25) is 0 Å². The standard InChI is InChI=1S/C30H30N2/c1-4-10-26(11-5-1)31-28-18-14-24(15-19-28)30(22-8-3-9-23-30)25-16-20-29(21-17-25)32-27-12-6-2-7-13-27/h1-2,4-7,10-21,31-32H,3,8-9,22-23H2. The fraction of sp³-hybridized carbons (Fsp3) is 0.200. The third kappa shape index (κ3) is 4.40. The number of nitrogens with one attached hydrogen (secondary N) is 2. The van der Waals surface area contributed by atoms with E-state index in [1.165, 1.54) is 43.2 Å². The molecule has 0 spiro atoms. The predicted molar refractivity (Wildman–Crippen MR) is 136 cm³/mol. The van der Waals surface area contributed by atoms with Gasteiger partial charge < -0.3 is 10.6 Å². The third-order valence-corrected chi connectivity index (χ3v) is 6.71. The van der Waals surface area contributed by atoms with Gasteiger partial charge in [0.2, 0.25) is 0 Å². The molecule has 2 nitrogen and oxygen atoms in total. The first-order valence-electron chi connectivity index (χ1n) is 11.7. The molecular formula is C30H30N2. The van der Waals surface area contributed by atoms with Gasteiger partial charge in [0.1, 0.15) is 0 Å². The Bertz CT molecular complexity index is 1020. The molecule has 4 aromatic carbocycles. The van der Waals surface area contributed by atoms with Gasteiger partial charge >= 0.3 is 0 Å². The molecule has 0 amide bonds. The van der Waals surface area contributed by atoms with Gasteiger partial charge in [0.25, 0.3) is 0 Å². The lowest BCUT2D eigenvalue weighted by molar-refractivity contribution is 0.346. The van der Waals surface area contributed by atoms with Crippen molar-refractivity contribution < 1.29 is 0 Å². The zero-order chi connectivity index (χ0) is 21.6. The highest BCUT2D eigenvalue weighted by atomic mass is 14.9. The number of anilines is 4. The lowest BCUT2D eigenvalue weighted by atomic mass is 9.65. The van der Waals surface area contributed by atoms with Gasteiger partial charge in [-0.1, -0.05) is 79.9 Å². The molecule has 160 valence electrons. The number of para-hydroxylation sites is 2. The smallest absolute Gasteiger partial charge is 0.0384 e. The van der Waals surface area contributed by atoms with Crippen molar-refractivity contribution >= 4 is 22.7 Å². The first kappa shape index (κ1) is 20.4. The normalized spacial score (nSPS) is 15.1. The molecular weight excluding hydrogens is 388 g/mol. The van der Waals surface area contributed by atoms with Crippen LogP contribution in [0.3, 0.4) is 0 Å². The Kier molecular flexibility index (Phi) is 5.93. The van der Waals surface area contributed by atoms with Gasteiger partial charge in [-0.05, 0) is 72.5 Å². The van der Waals surface area contributed by atoms with Crippen LogP contribution in [0.25, 0.3) is 0 Å². The summed E-state index contributed by atoms with van der Waals surface area (Å²) < 4.78 is 0. The Balaban J connectivity index is 1.40. The molecule has 1 aliphatic rings. The Morgan fingerprint density at radius 3 is 1.19 bits per heavy atom. The number of benzene rings is 4.